The van der Waals surface area contributed by atoms with Gasteiger partial charge >= 0.3 is 6.09 Å². The van der Waals surface area contributed by atoms with E-state index >= 15 is 0 Å². The Morgan fingerprint density at radius 1 is 1.19 bits per heavy atom. The van der Waals surface area contributed by atoms with Crippen LogP contribution in [0.15, 0.2) is 58.5 Å². The van der Waals surface area contributed by atoms with E-state index in [1.807, 2.05) is 6.92 Å². The summed E-state index contributed by atoms with van der Waals surface area (Å²) in [6, 6.07) is 0. The second kappa shape index (κ2) is 16.1. The smallest absolute Gasteiger partial charge is 0.405 e. The number of ether oxygens (including phenoxy) is 3. The van der Waals surface area contributed by atoms with Gasteiger partial charge in [0.15, 0.2) is 6.10 Å². The van der Waals surface area contributed by atoms with Gasteiger partial charge in [0.05, 0.1) is 23.6 Å². The summed E-state index contributed by atoms with van der Waals surface area (Å²) in [4.78, 5) is 51.1. The van der Waals surface area contributed by atoms with Crippen molar-refractivity contribution in [2.24, 2.45) is 17.6 Å². The number of aliphatic hydroxyl groups excluding tert-OH is 1. The first-order chi connectivity index (χ1) is 19.8. The Kier molecular flexibility index (Phi) is 13.3. The monoisotopic (exact) mass is 591 g/mol. The van der Waals surface area contributed by atoms with E-state index < -0.39 is 60.6 Å². The van der Waals surface area contributed by atoms with Gasteiger partial charge in [0.25, 0.3) is 5.91 Å². The number of primary amides is 1. The predicted molar refractivity (Wildman–Crippen MR) is 154 cm³/mol. The number of hydrogen-bond donors (Lipinski definition) is 4. The van der Waals surface area contributed by atoms with Crippen LogP contribution in [0.4, 0.5) is 9.18 Å². The Bertz CT molecular complexity index is 1190. The zero-order chi connectivity index (χ0) is 31.6. The Balaban J connectivity index is 2.61. The van der Waals surface area contributed by atoms with Gasteiger partial charge in [-0.05, 0) is 38.2 Å². The molecule has 1 aliphatic carbocycles. The molecule has 232 valence electrons. The first-order valence-corrected chi connectivity index (χ1v) is 13.7. The zero-order valence-electron chi connectivity index (χ0n) is 24.9. The summed E-state index contributed by atoms with van der Waals surface area (Å²) in [5.74, 6) is -2.49. The molecule has 5 N–H and O–H groups in total. The highest BCUT2D eigenvalue weighted by molar-refractivity contribution is 6.23. The van der Waals surface area contributed by atoms with Crippen molar-refractivity contribution in [1.29, 1.82) is 0 Å². The molecule has 12 heteroatoms. The van der Waals surface area contributed by atoms with Gasteiger partial charge in [-0.25, -0.2) is 9.18 Å². The molecule has 11 nitrogen and oxygen atoms in total. The van der Waals surface area contributed by atoms with Crippen LogP contribution < -0.4 is 16.4 Å². The van der Waals surface area contributed by atoms with Gasteiger partial charge in [-0.3, -0.25) is 14.4 Å². The fraction of sp³-hybridized carbons (Fsp3) is 0.533. The number of amides is 2. The molecule has 1 aliphatic heterocycles. The van der Waals surface area contributed by atoms with Crippen molar-refractivity contribution in [3.05, 3.63) is 58.5 Å². The van der Waals surface area contributed by atoms with Crippen LogP contribution in [0.3, 0.4) is 0 Å². The third-order valence-corrected chi connectivity index (χ3v) is 7.19. The highest BCUT2D eigenvalue weighted by atomic mass is 19.1. The zero-order valence-corrected chi connectivity index (χ0v) is 24.9. The van der Waals surface area contributed by atoms with Crippen LogP contribution in [-0.4, -0.2) is 80.5 Å². The molecule has 0 aromatic heterocycles. The van der Waals surface area contributed by atoms with Crippen molar-refractivity contribution in [3.63, 3.8) is 0 Å². The lowest BCUT2D eigenvalue weighted by molar-refractivity contribution is -0.120. The number of carbonyl (C=O) groups excluding carboxylic acids is 4. The van der Waals surface area contributed by atoms with Crippen LogP contribution in [0, 0.1) is 11.8 Å². The molecule has 0 fully saturated rings. The fourth-order valence-electron chi connectivity index (χ4n) is 4.95. The van der Waals surface area contributed by atoms with E-state index in [2.05, 4.69) is 10.6 Å². The number of fused-ring (bicyclic) bond motifs is 2. The summed E-state index contributed by atoms with van der Waals surface area (Å²) in [5.41, 5.74) is 5.99. The first kappa shape index (κ1) is 34.6. The van der Waals surface area contributed by atoms with Gasteiger partial charge < -0.3 is 35.7 Å². The molecular formula is C30H42FN3O8. The van der Waals surface area contributed by atoms with E-state index in [0.29, 0.717) is 12.0 Å². The standard InChI is InChI=1S/C30H42FN3O8/c1-16-12-20-25(33-11-10-31)22(35)15-21(27(20)37)34-29(38)17(2)8-7-9-23(40-5)28(42-30(32)39)19(4)14-18(3)26(36)24(13-16)41-6/h7-9,14-16,18,23-24,26,28,33,36H,10-13H2,1-6H3,(H2,32,39)(H,34,38)/b9-7-,17-8+,19-14+/t16-,18+,23-,24+,26-,28+/m1/s1. The topological polar surface area (TPSA) is 166 Å². The fourth-order valence-corrected chi connectivity index (χ4v) is 4.95. The molecular weight excluding hydrogens is 549 g/mol. The molecule has 0 saturated carbocycles. The lowest BCUT2D eigenvalue weighted by atomic mass is 9.85. The van der Waals surface area contributed by atoms with E-state index in [-0.39, 0.29) is 41.4 Å². The minimum Gasteiger partial charge on any atom is -0.439 e. The summed E-state index contributed by atoms with van der Waals surface area (Å²) < 4.78 is 29.4. The Morgan fingerprint density at radius 3 is 2.48 bits per heavy atom. The number of rotatable bonds is 6. The molecule has 0 unspecified atom stereocenters. The van der Waals surface area contributed by atoms with E-state index in [9.17, 15) is 28.7 Å². The van der Waals surface area contributed by atoms with Crippen molar-refractivity contribution in [2.75, 3.05) is 27.4 Å². The number of nitrogens with two attached hydrogens (primary N) is 1. The maximum atomic E-state index is 13.5. The average molecular weight is 592 g/mol. The van der Waals surface area contributed by atoms with Gasteiger partial charge in [-0.15, -0.1) is 0 Å². The Morgan fingerprint density at radius 2 is 1.88 bits per heavy atom. The molecule has 0 aromatic rings. The van der Waals surface area contributed by atoms with E-state index in [1.165, 1.54) is 33.3 Å². The Hall–Kier alpha value is -3.61. The molecule has 2 bridgehead atoms. The number of Topliss-reactive ketones (excluding diaryl/α,β-unsaturated/α-hetero) is 1. The van der Waals surface area contributed by atoms with Crippen molar-refractivity contribution >= 4 is 23.6 Å². The van der Waals surface area contributed by atoms with Crippen LogP contribution in [0.2, 0.25) is 0 Å². The second-order valence-corrected chi connectivity index (χ2v) is 10.5. The quantitative estimate of drug-likeness (QED) is 0.268. The van der Waals surface area contributed by atoms with Crippen LogP contribution in [0.1, 0.15) is 40.5 Å². The number of halogens is 1. The molecule has 2 rings (SSSR count). The van der Waals surface area contributed by atoms with E-state index in [1.54, 1.807) is 26.0 Å². The summed E-state index contributed by atoms with van der Waals surface area (Å²) in [7, 11) is 2.87. The SMILES string of the molecule is CO[C@H]1C[C@H](C)CC2=C(NCCF)C(=O)C=C(NC(=O)/C(C)=C/C=C\[C@@H](OC)[C@@H](OC(N)=O)/C(C)=C/[C@H](C)[C@H]1O)C2=O. The molecule has 0 saturated heterocycles. The lowest BCUT2D eigenvalue weighted by Gasteiger charge is -2.30. The molecule has 2 aliphatic rings. The van der Waals surface area contributed by atoms with Gasteiger partial charge in [0.2, 0.25) is 11.6 Å². The lowest BCUT2D eigenvalue weighted by Crippen LogP contribution is -2.38. The van der Waals surface area contributed by atoms with Crippen molar-refractivity contribution in [3.8, 4) is 0 Å². The summed E-state index contributed by atoms with van der Waals surface area (Å²) in [6.45, 7) is 5.92. The number of ketones is 2. The van der Waals surface area contributed by atoms with Crippen LogP contribution >= 0.6 is 0 Å². The van der Waals surface area contributed by atoms with Crippen LogP contribution in [0.5, 0.6) is 0 Å². The van der Waals surface area contributed by atoms with Crippen molar-refractivity contribution in [1.82, 2.24) is 10.6 Å². The van der Waals surface area contributed by atoms with Crippen LogP contribution in [-0.2, 0) is 28.6 Å². The molecule has 42 heavy (non-hydrogen) atoms. The third kappa shape index (κ3) is 9.20. The summed E-state index contributed by atoms with van der Waals surface area (Å²) >= 11 is 0. The largest absolute Gasteiger partial charge is 0.439 e. The molecule has 0 aromatic carbocycles. The maximum Gasteiger partial charge on any atom is 0.405 e. The third-order valence-electron chi connectivity index (χ3n) is 7.19. The predicted octanol–water partition coefficient (Wildman–Crippen LogP) is 2.32. The number of methoxy groups -OCH3 is 2. The van der Waals surface area contributed by atoms with Gasteiger partial charge in [0, 0.05) is 43.9 Å². The summed E-state index contributed by atoms with van der Waals surface area (Å²) in [6.07, 6.45) is 3.29. The molecule has 0 radical (unpaired) electrons. The van der Waals surface area contributed by atoms with Crippen molar-refractivity contribution in [2.45, 2.75) is 65.0 Å². The molecule has 2 amide bonds. The number of hydrogen-bond acceptors (Lipinski definition) is 9. The number of aliphatic hydroxyl groups is 1. The number of nitrogens with one attached hydrogen (secondary N) is 2. The van der Waals surface area contributed by atoms with Crippen molar-refractivity contribution < 1.29 is 42.9 Å². The number of alkyl halides is 1. The van der Waals surface area contributed by atoms with Gasteiger partial charge in [0.1, 0.15) is 12.8 Å². The first-order valence-electron chi connectivity index (χ1n) is 13.7. The molecule has 6 atom stereocenters. The van der Waals surface area contributed by atoms with E-state index in [0.717, 1.165) is 6.08 Å². The maximum absolute atomic E-state index is 13.5. The number of allylic oxidation sites excluding steroid dienone is 4. The van der Waals surface area contributed by atoms with Gasteiger partial charge in [-0.1, -0.05) is 38.2 Å². The number of carbonyl (C=O) groups is 4. The molecule has 0 spiro atoms. The average Bonchev–Trinajstić information content (AvgIpc) is 2.94. The minimum atomic E-state index is -1.02. The second-order valence-electron chi connectivity index (χ2n) is 10.5. The molecule has 1 heterocycles. The van der Waals surface area contributed by atoms with E-state index in [4.69, 9.17) is 19.9 Å². The van der Waals surface area contributed by atoms with Crippen LogP contribution in [0.25, 0.3) is 0 Å². The summed E-state index contributed by atoms with van der Waals surface area (Å²) in [5, 5.41) is 16.4. The highest BCUT2D eigenvalue weighted by Crippen LogP contribution is 2.28. The highest BCUT2D eigenvalue weighted by Gasteiger charge is 2.33. The normalized spacial score (nSPS) is 31.7. The van der Waals surface area contributed by atoms with Gasteiger partial charge in [-0.2, -0.15) is 0 Å². The Labute approximate surface area is 245 Å². The minimum absolute atomic E-state index is 0.0175.